The number of hydrogen-bond acceptors (Lipinski definition) is 1. The highest BCUT2D eigenvalue weighted by Crippen LogP contribution is 2.41. The minimum absolute atomic E-state index is 0.413. The molecule has 0 radical (unpaired) electrons. The summed E-state index contributed by atoms with van der Waals surface area (Å²) in [5, 5.41) is 11.0. The molecule has 0 spiro atoms. The summed E-state index contributed by atoms with van der Waals surface area (Å²) in [6.07, 6.45) is 6.18. The third-order valence-corrected chi connectivity index (χ3v) is 5.03. The maximum atomic E-state index is 11.0. The largest absolute Gasteiger partial charge is 0.385 e. The zero-order valence-corrected chi connectivity index (χ0v) is 12.9. The summed E-state index contributed by atoms with van der Waals surface area (Å²) in [6, 6.07) is 6.48. The Labute approximate surface area is 118 Å². The molecule has 0 bridgehead atoms. The number of aryl methyl sites for hydroxylation is 2. The van der Waals surface area contributed by atoms with Gasteiger partial charge in [-0.05, 0) is 51.0 Å². The molecule has 0 amide bonds. The number of aliphatic hydroxyl groups is 1. The van der Waals surface area contributed by atoms with E-state index in [1.54, 1.807) is 0 Å². The Kier molecular flexibility index (Phi) is 4.35. The molecule has 1 N–H and O–H groups in total. The van der Waals surface area contributed by atoms with Crippen molar-refractivity contribution < 1.29 is 5.11 Å². The van der Waals surface area contributed by atoms with Gasteiger partial charge < -0.3 is 5.11 Å². The van der Waals surface area contributed by atoms with Crippen molar-refractivity contribution in [1.82, 2.24) is 0 Å². The predicted molar refractivity (Wildman–Crippen MR) is 81.2 cm³/mol. The number of hydrogen-bond donors (Lipinski definition) is 1. The van der Waals surface area contributed by atoms with E-state index in [0.29, 0.717) is 5.92 Å². The molecule has 106 valence electrons. The Bertz CT molecular complexity index is 405. The average molecular weight is 260 g/mol. The Morgan fingerprint density at radius 3 is 2.05 bits per heavy atom. The molecule has 1 aliphatic rings. The second-order valence-electron chi connectivity index (χ2n) is 6.65. The van der Waals surface area contributed by atoms with Gasteiger partial charge in [0, 0.05) is 0 Å². The molecule has 1 nitrogen and oxygen atoms in total. The van der Waals surface area contributed by atoms with Crippen molar-refractivity contribution in [3.63, 3.8) is 0 Å². The molecule has 1 aromatic rings. The van der Waals surface area contributed by atoms with Crippen molar-refractivity contribution in [2.24, 2.45) is 11.8 Å². The second-order valence-corrected chi connectivity index (χ2v) is 6.65. The lowest BCUT2D eigenvalue weighted by molar-refractivity contribution is -0.0277. The van der Waals surface area contributed by atoms with Crippen molar-refractivity contribution in [3.05, 3.63) is 34.9 Å². The maximum absolute atomic E-state index is 11.0. The van der Waals surface area contributed by atoms with Crippen molar-refractivity contribution in [1.29, 1.82) is 0 Å². The topological polar surface area (TPSA) is 20.2 Å². The van der Waals surface area contributed by atoms with E-state index in [9.17, 15) is 5.11 Å². The zero-order chi connectivity index (χ0) is 14.0. The van der Waals surface area contributed by atoms with Gasteiger partial charge in [0.05, 0.1) is 5.60 Å². The zero-order valence-electron chi connectivity index (χ0n) is 12.9. The molecule has 1 aromatic carbocycles. The second kappa shape index (κ2) is 5.66. The van der Waals surface area contributed by atoms with E-state index in [1.807, 2.05) is 6.92 Å². The Morgan fingerprint density at radius 1 is 1.05 bits per heavy atom. The van der Waals surface area contributed by atoms with Gasteiger partial charge in [-0.2, -0.15) is 0 Å². The maximum Gasteiger partial charge on any atom is 0.0896 e. The first-order chi connectivity index (χ1) is 8.93. The Hall–Kier alpha value is -0.820. The third kappa shape index (κ3) is 3.20. The van der Waals surface area contributed by atoms with Gasteiger partial charge >= 0.3 is 0 Å². The highest BCUT2D eigenvalue weighted by Gasteiger charge is 2.36. The van der Waals surface area contributed by atoms with Gasteiger partial charge in [0.1, 0.15) is 0 Å². The van der Waals surface area contributed by atoms with Gasteiger partial charge in [0.15, 0.2) is 0 Å². The van der Waals surface area contributed by atoms with Gasteiger partial charge in [-0.3, -0.25) is 0 Å². The lowest BCUT2D eigenvalue weighted by Gasteiger charge is -2.38. The first kappa shape index (κ1) is 14.6. The molecule has 0 saturated heterocycles. The van der Waals surface area contributed by atoms with Crippen LogP contribution in [0.3, 0.4) is 0 Å². The molecule has 1 atom stereocenters. The van der Waals surface area contributed by atoms with Crippen LogP contribution >= 0.6 is 0 Å². The summed E-state index contributed by atoms with van der Waals surface area (Å²) < 4.78 is 0. The lowest BCUT2D eigenvalue weighted by Crippen LogP contribution is -2.34. The third-order valence-electron chi connectivity index (χ3n) is 5.03. The van der Waals surface area contributed by atoms with E-state index >= 15 is 0 Å². The fourth-order valence-electron chi connectivity index (χ4n) is 3.64. The first-order valence-corrected chi connectivity index (χ1v) is 7.74. The van der Waals surface area contributed by atoms with Gasteiger partial charge in [0.2, 0.25) is 0 Å². The van der Waals surface area contributed by atoms with Crippen molar-refractivity contribution >= 4 is 0 Å². The van der Waals surface area contributed by atoms with Crippen LogP contribution in [0.1, 0.15) is 62.6 Å². The van der Waals surface area contributed by atoms with Crippen LogP contribution in [0.4, 0.5) is 0 Å². The van der Waals surface area contributed by atoms with Gasteiger partial charge in [-0.1, -0.05) is 55.5 Å². The van der Waals surface area contributed by atoms with E-state index in [2.05, 4.69) is 39.0 Å². The smallest absolute Gasteiger partial charge is 0.0896 e. The van der Waals surface area contributed by atoms with Crippen LogP contribution in [-0.4, -0.2) is 5.11 Å². The van der Waals surface area contributed by atoms with Crippen molar-refractivity contribution in [2.45, 2.75) is 65.4 Å². The lowest BCUT2D eigenvalue weighted by atomic mass is 9.71. The number of rotatable bonds is 3. The van der Waals surface area contributed by atoms with Crippen LogP contribution in [0.5, 0.6) is 0 Å². The molecule has 19 heavy (non-hydrogen) atoms. The molecule has 1 unspecified atom stereocenters. The first-order valence-electron chi connectivity index (χ1n) is 7.74. The Morgan fingerprint density at radius 2 is 1.58 bits per heavy atom. The van der Waals surface area contributed by atoms with Gasteiger partial charge in [0.25, 0.3) is 0 Å². The van der Waals surface area contributed by atoms with Crippen LogP contribution in [0.15, 0.2) is 18.2 Å². The molecular formula is C18H28O. The predicted octanol–water partition coefficient (Wildman–Crippen LogP) is 4.73. The van der Waals surface area contributed by atoms with E-state index in [4.69, 9.17) is 0 Å². The summed E-state index contributed by atoms with van der Waals surface area (Å²) in [7, 11) is 0. The van der Waals surface area contributed by atoms with Gasteiger partial charge in [-0.25, -0.2) is 0 Å². The standard InChI is InChI=1S/C18H28O/c1-5-15-6-8-16(9-7-15)18(4,19)17-11-13(2)10-14(3)12-17/h10-12,15-16,19H,5-9H2,1-4H3. The summed E-state index contributed by atoms with van der Waals surface area (Å²) in [5.41, 5.74) is 2.93. The van der Waals surface area contributed by atoms with E-state index in [0.717, 1.165) is 11.5 Å². The summed E-state index contributed by atoms with van der Waals surface area (Å²) in [4.78, 5) is 0. The molecule has 1 aliphatic carbocycles. The van der Waals surface area contributed by atoms with Crippen LogP contribution in [-0.2, 0) is 5.60 Å². The SMILES string of the molecule is CCC1CCC(C(C)(O)c2cc(C)cc(C)c2)CC1. The van der Waals surface area contributed by atoms with Gasteiger partial charge in [-0.15, -0.1) is 0 Å². The highest BCUT2D eigenvalue weighted by molar-refractivity contribution is 5.32. The molecule has 1 heteroatoms. The normalized spacial score (nSPS) is 27.0. The summed E-state index contributed by atoms with van der Waals surface area (Å²) in [6.45, 7) is 8.52. The van der Waals surface area contributed by atoms with Crippen LogP contribution in [0, 0.1) is 25.7 Å². The molecular weight excluding hydrogens is 232 g/mol. The van der Waals surface area contributed by atoms with Crippen molar-refractivity contribution in [2.75, 3.05) is 0 Å². The Balaban J connectivity index is 2.17. The molecule has 1 fully saturated rings. The molecule has 0 aliphatic heterocycles. The molecule has 0 aromatic heterocycles. The molecule has 1 saturated carbocycles. The molecule has 0 heterocycles. The quantitative estimate of drug-likeness (QED) is 0.833. The van der Waals surface area contributed by atoms with Crippen LogP contribution < -0.4 is 0 Å². The van der Waals surface area contributed by atoms with Crippen molar-refractivity contribution in [3.8, 4) is 0 Å². The summed E-state index contributed by atoms with van der Waals surface area (Å²) in [5.74, 6) is 1.29. The fourth-order valence-corrected chi connectivity index (χ4v) is 3.64. The minimum atomic E-state index is -0.671. The van der Waals surface area contributed by atoms with E-state index in [-0.39, 0.29) is 0 Å². The fraction of sp³-hybridized carbons (Fsp3) is 0.667. The highest BCUT2D eigenvalue weighted by atomic mass is 16.3. The van der Waals surface area contributed by atoms with Crippen LogP contribution in [0.25, 0.3) is 0 Å². The van der Waals surface area contributed by atoms with Crippen LogP contribution in [0.2, 0.25) is 0 Å². The van der Waals surface area contributed by atoms with E-state index in [1.165, 1.54) is 43.2 Å². The average Bonchev–Trinajstić information content (AvgIpc) is 2.37. The number of benzene rings is 1. The molecule has 2 rings (SSSR count). The minimum Gasteiger partial charge on any atom is -0.385 e. The van der Waals surface area contributed by atoms with E-state index < -0.39 is 5.60 Å². The summed E-state index contributed by atoms with van der Waals surface area (Å²) >= 11 is 0. The monoisotopic (exact) mass is 260 g/mol.